The number of hydrogen-bond donors (Lipinski definition) is 2. The molecule has 1 aromatic rings. The number of benzene rings is 1. The fourth-order valence-corrected chi connectivity index (χ4v) is 2.47. The molecular weight excluding hydrogens is 266 g/mol. The zero-order valence-corrected chi connectivity index (χ0v) is 12.8. The van der Waals surface area contributed by atoms with Crippen LogP contribution >= 0.6 is 0 Å². The Balaban J connectivity index is 2.12. The van der Waals surface area contributed by atoms with Gasteiger partial charge >= 0.3 is 0 Å². The molecule has 0 spiro atoms. The smallest absolute Gasteiger partial charge is 0.241 e. The zero-order valence-electron chi connectivity index (χ0n) is 12.8. The van der Waals surface area contributed by atoms with E-state index in [9.17, 15) is 9.59 Å². The molecule has 0 bridgehead atoms. The van der Waals surface area contributed by atoms with E-state index in [-0.39, 0.29) is 17.7 Å². The monoisotopic (exact) mass is 289 g/mol. The number of nitrogens with zero attached hydrogens (tertiary/aromatic N) is 1. The van der Waals surface area contributed by atoms with Crippen LogP contribution in [0.25, 0.3) is 0 Å². The summed E-state index contributed by atoms with van der Waals surface area (Å²) in [5.41, 5.74) is 8.43. The Morgan fingerprint density at radius 3 is 2.62 bits per heavy atom. The Hall–Kier alpha value is -1.88. The quantitative estimate of drug-likeness (QED) is 0.890. The van der Waals surface area contributed by atoms with Crippen LogP contribution in [0.15, 0.2) is 18.2 Å². The van der Waals surface area contributed by atoms with Crippen molar-refractivity contribution < 1.29 is 9.59 Å². The summed E-state index contributed by atoms with van der Waals surface area (Å²) in [6.45, 7) is 6.54. The molecule has 1 fully saturated rings. The van der Waals surface area contributed by atoms with Crippen LogP contribution in [0.5, 0.6) is 0 Å². The van der Waals surface area contributed by atoms with E-state index in [1.807, 2.05) is 39.0 Å². The van der Waals surface area contributed by atoms with E-state index in [1.165, 1.54) is 0 Å². The van der Waals surface area contributed by atoms with Gasteiger partial charge in [0.25, 0.3) is 0 Å². The molecule has 1 saturated heterocycles. The van der Waals surface area contributed by atoms with E-state index < -0.39 is 6.04 Å². The van der Waals surface area contributed by atoms with Crippen LogP contribution in [0, 0.1) is 12.8 Å². The van der Waals surface area contributed by atoms with Crippen molar-refractivity contribution in [3.63, 3.8) is 0 Å². The molecule has 1 atom stereocenters. The van der Waals surface area contributed by atoms with Crippen molar-refractivity contribution in [3.05, 3.63) is 23.8 Å². The van der Waals surface area contributed by atoms with E-state index in [4.69, 9.17) is 5.73 Å². The standard InChI is InChI=1S/C16H23N3O2/c1-10(2)15(17)16(21)18-12-6-7-13(11(3)9-12)19-8-4-5-14(19)20/h6-7,9-10,15H,4-5,8,17H2,1-3H3,(H,18,21)/t15-/m0/s1. The van der Waals surface area contributed by atoms with Crippen molar-refractivity contribution in [2.24, 2.45) is 11.7 Å². The van der Waals surface area contributed by atoms with Gasteiger partial charge in [0.1, 0.15) is 0 Å². The summed E-state index contributed by atoms with van der Waals surface area (Å²) >= 11 is 0. The molecule has 2 amide bonds. The molecule has 2 rings (SSSR count). The summed E-state index contributed by atoms with van der Waals surface area (Å²) in [4.78, 5) is 25.6. The number of nitrogens with two attached hydrogens (primary N) is 1. The first kappa shape index (κ1) is 15.5. The Morgan fingerprint density at radius 2 is 2.10 bits per heavy atom. The molecule has 0 saturated carbocycles. The lowest BCUT2D eigenvalue weighted by molar-refractivity contribution is -0.118. The molecule has 1 aliphatic heterocycles. The van der Waals surface area contributed by atoms with Gasteiger partial charge in [-0.05, 0) is 43.0 Å². The second kappa shape index (κ2) is 6.26. The number of aryl methyl sites for hydroxylation is 1. The van der Waals surface area contributed by atoms with E-state index in [2.05, 4.69) is 5.32 Å². The van der Waals surface area contributed by atoms with Gasteiger partial charge in [-0.15, -0.1) is 0 Å². The highest BCUT2D eigenvalue weighted by atomic mass is 16.2. The van der Waals surface area contributed by atoms with Gasteiger partial charge in [0.05, 0.1) is 6.04 Å². The van der Waals surface area contributed by atoms with Gasteiger partial charge in [0, 0.05) is 24.3 Å². The van der Waals surface area contributed by atoms with Crippen LogP contribution in [0.2, 0.25) is 0 Å². The van der Waals surface area contributed by atoms with E-state index in [0.717, 1.165) is 24.2 Å². The molecule has 21 heavy (non-hydrogen) atoms. The molecular formula is C16H23N3O2. The summed E-state index contributed by atoms with van der Waals surface area (Å²) in [6, 6.07) is 5.06. The van der Waals surface area contributed by atoms with Gasteiger partial charge in [0.2, 0.25) is 11.8 Å². The third-order valence-corrected chi connectivity index (χ3v) is 3.85. The molecule has 114 valence electrons. The first-order valence-corrected chi connectivity index (χ1v) is 7.37. The van der Waals surface area contributed by atoms with Gasteiger partial charge in [-0.1, -0.05) is 13.8 Å². The lowest BCUT2D eigenvalue weighted by Crippen LogP contribution is -2.39. The normalized spacial score (nSPS) is 16.4. The van der Waals surface area contributed by atoms with Crippen molar-refractivity contribution >= 4 is 23.2 Å². The molecule has 5 heteroatoms. The number of carbonyl (C=O) groups excluding carboxylic acids is 2. The van der Waals surface area contributed by atoms with Crippen molar-refractivity contribution in [1.82, 2.24) is 0 Å². The number of amides is 2. The number of carbonyl (C=O) groups is 2. The maximum absolute atomic E-state index is 12.0. The average molecular weight is 289 g/mol. The van der Waals surface area contributed by atoms with Gasteiger partial charge < -0.3 is 16.0 Å². The lowest BCUT2D eigenvalue weighted by atomic mass is 10.0. The predicted molar refractivity (Wildman–Crippen MR) is 84.2 cm³/mol. The van der Waals surface area contributed by atoms with Crippen LogP contribution in [0.3, 0.4) is 0 Å². The van der Waals surface area contributed by atoms with Gasteiger partial charge in [-0.2, -0.15) is 0 Å². The summed E-state index contributed by atoms with van der Waals surface area (Å²) in [5, 5.41) is 2.83. The topological polar surface area (TPSA) is 75.4 Å². The highest BCUT2D eigenvalue weighted by Crippen LogP contribution is 2.27. The molecule has 1 aliphatic rings. The maximum Gasteiger partial charge on any atom is 0.241 e. The summed E-state index contributed by atoms with van der Waals surface area (Å²) in [6.07, 6.45) is 1.52. The molecule has 0 unspecified atom stereocenters. The SMILES string of the molecule is Cc1cc(NC(=O)[C@@H](N)C(C)C)ccc1N1CCCC1=O. The third-order valence-electron chi connectivity index (χ3n) is 3.85. The molecule has 1 heterocycles. The lowest BCUT2D eigenvalue weighted by Gasteiger charge is -2.20. The van der Waals surface area contributed by atoms with Crippen molar-refractivity contribution in [2.45, 2.75) is 39.7 Å². The van der Waals surface area contributed by atoms with E-state index >= 15 is 0 Å². The van der Waals surface area contributed by atoms with Crippen LogP contribution in [-0.2, 0) is 9.59 Å². The van der Waals surface area contributed by atoms with Gasteiger partial charge in [-0.3, -0.25) is 9.59 Å². The molecule has 5 nitrogen and oxygen atoms in total. The minimum Gasteiger partial charge on any atom is -0.325 e. The second-order valence-corrected chi connectivity index (χ2v) is 5.91. The maximum atomic E-state index is 12.0. The number of hydrogen-bond acceptors (Lipinski definition) is 3. The van der Waals surface area contributed by atoms with Gasteiger partial charge in [0.15, 0.2) is 0 Å². The Kier molecular flexibility index (Phi) is 4.63. The van der Waals surface area contributed by atoms with Crippen LogP contribution < -0.4 is 16.0 Å². The van der Waals surface area contributed by atoms with Gasteiger partial charge in [-0.25, -0.2) is 0 Å². The Morgan fingerprint density at radius 1 is 1.38 bits per heavy atom. The minimum atomic E-state index is -0.523. The summed E-state index contributed by atoms with van der Waals surface area (Å²) in [7, 11) is 0. The predicted octanol–water partition coefficient (Wildman–Crippen LogP) is 2.04. The molecule has 0 aliphatic carbocycles. The van der Waals surface area contributed by atoms with Crippen LogP contribution in [0.4, 0.5) is 11.4 Å². The van der Waals surface area contributed by atoms with Crippen LogP contribution in [0.1, 0.15) is 32.3 Å². The van der Waals surface area contributed by atoms with Crippen molar-refractivity contribution in [2.75, 3.05) is 16.8 Å². The van der Waals surface area contributed by atoms with Crippen molar-refractivity contribution in [1.29, 1.82) is 0 Å². The molecule has 3 N–H and O–H groups in total. The highest BCUT2D eigenvalue weighted by Gasteiger charge is 2.23. The third kappa shape index (κ3) is 3.42. The first-order chi connectivity index (χ1) is 9.90. The highest BCUT2D eigenvalue weighted by molar-refractivity contribution is 5.97. The largest absolute Gasteiger partial charge is 0.325 e. The number of rotatable bonds is 4. The Bertz CT molecular complexity index is 554. The fraction of sp³-hybridized carbons (Fsp3) is 0.500. The first-order valence-electron chi connectivity index (χ1n) is 7.37. The average Bonchev–Trinajstić information content (AvgIpc) is 2.84. The summed E-state index contributed by atoms with van der Waals surface area (Å²) < 4.78 is 0. The fourth-order valence-electron chi connectivity index (χ4n) is 2.47. The van der Waals surface area contributed by atoms with E-state index in [1.54, 1.807) is 4.90 Å². The Labute approximate surface area is 125 Å². The zero-order chi connectivity index (χ0) is 15.6. The molecule has 0 radical (unpaired) electrons. The number of nitrogens with one attached hydrogen (secondary N) is 1. The van der Waals surface area contributed by atoms with E-state index in [0.29, 0.717) is 12.1 Å². The molecule has 0 aromatic heterocycles. The number of anilines is 2. The van der Waals surface area contributed by atoms with Crippen molar-refractivity contribution in [3.8, 4) is 0 Å². The minimum absolute atomic E-state index is 0.0904. The summed E-state index contributed by atoms with van der Waals surface area (Å²) in [5.74, 6) is 0.0682. The van der Waals surface area contributed by atoms with Crippen LogP contribution in [-0.4, -0.2) is 24.4 Å². The molecule has 1 aromatic carbocycles. The second-order valence-electron chi connectivity index (χ2n) is 5.91.